The summed E-state index contributed by atoms with van der Waals surface area (Å²) in [7, 11) is 0. The highest BCUT2D eigenvalue weighted by molar-refractivity contribution is 9.10. The largest absolute Gasteiger partial charge is 0.293 e. The van der Waals surface area contributed by atoms with E-state index in [1.54, 1.807) is 0 Å². The molecule has 1 nitrogen and oxygen atoms in total. The molecule has 1 rings (SSSR count). The summed E-state index contributed by atoms with van der Waals surface area (Å²) in [6.07, 6.45) is 2.83. The van der Waals surface area contributed by atoms with Crippen LogP contribution in [0.4, 0.5) is 0 Å². The van der Waals surface area contributed by atoms with Crippen LogP contribution >= 0.6 is 27.3 Å². The molecule has 1 aromatic heterocycles. The van der Waals surface area contributed by atoms with Gasteiger partial charge in [0.25, 0.3) is 0 Å². The van der Waals surface area contributed by atoms with Crippen LogP contribution in [-0.4, -0.2) is 5.78 Å². The van der Waals surface area contributed by atoms with Crippen molar-refractivity contribution in [3.8, 4) is 0 Å². The topological polar surface area (TPSA) is 17.1 Å². The molecule has 1 aromatic rings. The molecule has 0 aliphatic carbocycles. The smallest absolute Gasteiger partial charge is 0.172 e. The Kier molecular flexibility index (Phi) is 4.82. The Hall–Kier alpha value is -0.150. The number of rotatable bonds is 5. The van der Waals surface area contributed by atoms with Crippen molar-refractivity contribution in [1.82, 2.24) is 0 Å². The fraction of sp³-hybridized carbons (Fsp3) is 0.545. The van der Waals surface area contributed by atoms with Gasteiger partial charge < -0.3 is 0 Å². The predicted molar refractivity (Wildman–Crippen MR) is 65.0 cm³/mol. The number of hydrogen-bond donors (Lipinski definition) is 0. The van der Waals surface area contributed by atoms with Gasteiger partial charge in [-0.3, -0.25) is 4.79 Å². The van der Waals surface area contributed by atoms with Gasteiger partial charge >= 0.3 is 0 Å². The van der Waals surface area contributed by atoms with Crippen LogP contribution in [0.1, 0.15) is 42.8 Å². The van der Waals surface area contributed by atoms with E-state index in [1.165, 1.54) is 11.3 Å². The van der Waals surface area contributed by atoms with Crippen molar-refractivity contribution in [3.63, 3.8) is 0 Å². The zero-order valence-corrected chi connectivity index (χ0v) is 11.0. The molecule has 0 bridgehead atoms. The Morgan fingerprint density at radius 3 is 2.79 bits per heavy atom. The first-order chi connectivity index (χ1) is 6.59. The van der Waals surface area contributed by atoms with Crippen molar-refractivity contribution in [2.24, 2.45) is 5.92 Å². The lowest BCUT2D eigenvalue weighted by atomic mass is 10.0. The molecule has 0 fully saturated rings. The van der Waals surface area contributed by atoms with Gasteiger partial charge in [0.2, 0.25) is 0 Å². The fourth-order valence-electron chi connectivity index (χ4n) is 1.25. The van der Waals surface area contributed by atoms with Crippen LogP contribution in [0.25, 0.3) is 0 Å². The molecule has 0 aromatic carbocycles. The summed E-state index contributed by atoms with van der Waals surface area (Å²) < 4.78 is 1.01. The Balaban J connectivity index is 2.36. The van der Waals surface area contributed by atoms with Crippen molar-refractivity contribution in [2.75, 3.05) is 0 Å². The lowest BCUT2D eigenvalue weighted by molar-refractivity contribution is 0.0982. The highest BCUT2D eigenvalue weighted by Crippen LogP contribution is 2.22. The molecule has 14 heavy (non-hydrogen) atoms. The summed E-state index contributed by atoms with van der Waals surface area (Å²) in [6.45, 7) is 4.37. The average Bonchev–Trinajstić information content (AvgIpc) is 2.51. The van der Waals surface area contributed by atoms with Gasteiger partial charge in [-0.15, -0.1) is 11.3 Å². The summed E-state index contributed by atoms with van der Waals surface area (Å²) >= 11 is 4.87. The van der Waals surface area contributed by atoms with Crippen LogP contribution in [0.3, 0.4) is 0 Å². The van der Waals surface area contributed by atoms with Crippen molar-refractivity contribution >= 4 is 33.0 Å². The van der Waals surface area contributed by atoms with Gasteiger partial charge in [-0.2, -0.15) is 0 Å². The lowest BCUT2D eigenvalue weighted by Crippen LogP contribution is -1.97. The first-order valence-corrected chi connectivity index (χ1v) is 6.54. The molecule has 78 valence electrons. The zero-order valence-electron chi connectivity index (χ0n) is 8.55. The fourth-order valence-corrected chi connectivity index (χ4v) is 2.65. The molecule has 0 radical (unpaired) electrons. The normalized spacial score (nSPS) is 10.9. The SMILES string of the molecule is CC(C)CCCC(=O)c1cc(Br)cs1. The van der Waals surface area contributed by atoms with Gasteiger partial charge in [-0.1, -0.05) is 20.3 Å². The predicted octanol–water partition coefficient (Wildman–Crippen LogP) is 4.52. The van der Waals surface area contributed by atoms with Crippen molar-refractivity contribution in [3.05, 3.63) is 20.8 Å². The van der Waals surface area contributed by atoms with Crippen LogP contribution in [0.2, 0.25) is 0 Å². The van der Waals surface area contributed by atoms with E-state index in [0.717, 1.165) is 22.2 Å². The Bertz CT molecular complexity index is 304. The van der Waals surface area contributed by atoms with E-state index >= 15 is 0 Å². The van der Waals surface area contributed by atoms with Crippen LogP contribution < -0.4 is 0 Å². The maximum absolute atomic E-state index is 11.6. The van der Waals surface area contributed by atoms with Gasteiger partial charge in [0.05, 0.1) is 4.88 Å². The van der Waals surface area contributed by atoms with Crippen LogP contribution in [0, 0.1) is 5.92 Å². The minimum Gasteiger partial charge on any atom is -0.293 e. The summed E-state index contributed by atoms with van der Waals surface area (Å²) in [4.78, 5) is 12.5. The van der Waals surface area contributed by atoms with E-state index in [1.807, 2.05) is 11.4 Å². The maximum atomic E-state index is 11.6. The molecular weight excluding hydrogens is 260 g/mol. The van der Waals surface area contributed by atoms with Crippen LogP contribution in [-0.2, 0) is 0 Å². The second-order valence-corrected chi connectivity index (χ2v) is 5.67. The number of carbonyl (C=O) groups excluding carboxylic acids is 1. The van der Waals surface area contributed by atoms with Gasteiger partial charge in [0, 0.05) is 16.3 Å². The molecule has 0 amide bonds. The lowest BCUT2D eigenvalue weighted by Gasteiger charge is -2.02. The van der Waals surface area contributed by atoms with E-state index in [2.05, 4.69) is 29.8 Å². The molecule has 0 atom stereocenters. The quantitative estimate of drug-likeness (QED) is 0.722. The summed E-state index contributed by atoms with van der Waals surface area (Å²) in [6, 6.07) is 1.91. The number of ketones is 1. The molecule has 1 heterocycles. The molecule has 0 saturated heterocycles. The Labute approximate surface area is 97.7 Å². The number of thiophene rings is 1. The molecule has 0 saturated carbocycles. The molecule has 0 aliphatic rings. The van der Waals surface area contributed by atoms with Gasteiger partial charge in [-0.25, -0.2) is 0 Å². The Morgan fingerprint density at radius 1 is 1.57 bits per heavy atom. The van der Waals surface area contributed by atoms with E-state index in [0.29, 0.717) is 12.3 Å². The van der Waals surface area contributed by atoms with E-state index < -0.39 is 0 Å². The summed E-state index contributed by atoms with van der Waals surface area (Å²) in [5, 5.41) is 1.95. The minimum atomic E-state index is 0.279. The molecule has 0 aliphatic heterocycles. The number of Topliss-reactive ketones (excluding diaryl/α,β-unsaturated/α-hetero) is 1. The first kappa shape index (κ1) is 11.9. The van der Waals surface area contributed by atoms with Gasteiger partial charge in [-0.05, 0) is 34.3 Å². The van der Waals surface area contributed by atoms with Crippen molar-refractivity contribution in [2.45, 2.75) is 33.1 Å². The van der Waals surface area contributed by atoms with Crippen molar-refractivity contribution < 1.29 is 4.79 Å². The minimum absolute atomic E-state index is 0.279. The zero-order chi connectivity index (χ0) is 10.6. The summed E-state index contributed by atoms with van der Waals surface area (Å²) in [5.74, 6) is 0.972. The number of carbonyl (C=O) groups is 1. The maximum Gasteiger partial charge on any atom is 0.172 e. The van der Waals surface area contributed by atoms with Gasteiger partial charge in [0.1, 0.15) is 0 Å². The van der Waals surface area contributed by atoms with Crippen molar-refractivity contribution in [1.29, 1.82) is 0 Å². The third kappa shape index (κ3) is 3.93. The highest BCUT2D eigenvalue weighted by Gasteiger charge is 2.08. The first-order valence-electron chi connectivity index (χ1n) is 4.87. The molecule has 3 heteroatoms. The molecular formula is C11H15BrOS. The number of hydrogen-bond acceptors (Lipinski definition) is 2. The van der Waals surface area contributed by atoms with Crippen LogP contribution in [0.15, 0.2) is 15.9 Å². The molecule has 0 N–H and O–H groups in total. The Morgan fingerprint density at radius 2 is 2.29 bits per heavy atom. The highest BCUT2D eigenvalue weighted by atomic mass is 79.9. The van der Waals surface area contributed by atoms with E-state index in [-0.39, 0.29) is 5.78 Å². The monoisotopic (exact) mass is 274 g/mol. The average molecular weight is 275 g/mol. The van der Waals surface area contributed by atoms with E-state index in [4.69, 9.17) is 0 Å². The molecule has 0 spiro atoms. The third-order valence-electron chi connectivity index (χ3n) is 2.03. The molecule has 0 unspecified atom stereocenters. The van der Waals surface area contributed by atoms with E-state index in [9.17, 15) is 4.79 Å². The van der Waals surface area contributed by atoms with Crippen LogP contribution in [0.5, 0.6) is 0 Å². The number of halogens is 1. The third-order valence-corrected chi connectivity index (χ3v) is 3.76. The standard InChI is InChI=1S/C11H15BrOS/c1-8(2)4-3-5-10(13)11-6-9(12)7-14-11/h6-8H,3-5H2,1-2H3. The second-order valence-electron chi connectivity index (χ2n) is 3.84. The van der Waals surface area contributed by atoms with Gasteiger partial charge in [0.15, 0.2) is 5.78 Å². The second kappa shape index (κ2) is 5.66. The summed E-state index contributed by atoms with van der Waals surface area (Å²) in [5.41, 5.74) is 0.